The number of nitrogens with zero attached hydrogens (tertiary/aromatic N) is 16. The van der Waals surface area contributed by atoms with Gasteiger partial charge in [0.1, 0.15) is 11.6 Å². The average molecular weight is 1180 g/mol. The van der Waals surface area contributed by atoms with Gasteiger partial charge in [0, 0.05) is 83.8 Å². The molecule has 0 saturated carbocycles. The molecule has 450 valence electrons. The van der Waals surface area contributed by atoms with Gasteiger partial charge in [-0.15, -0.1) is 0 Å². The summed E-state index contributed by atoms with van der Waals surface area (Å²) in [4.78, 5) is 82.3. The second kappa shape index (κ2) is 24.9. The van der Waals surface area contributed by atoms with E-state index in [9.17, 15) is 14.4 Å². The summed E-state index contributed by atoms with van der Waals surface area (Å²) in [6.07, 6.45) is 20.3. The van der Waals surface area contributed by atoms with Gasteiger partial charge in [-0.05, 0) is 184 Å². The maximum atomic E-state index is 13.6. The number of hydrogen-bond donors (Lipinski definition) is 0. The van der Waals surface area contributed by atoms with Gasteiger partial charge in [-0.2, -0.15) is 30.0 Å². The molecule has 6 bridgehead atoms. The second-order valence-corrected chi connectivity index (χ2v) is 24.5. The highest BCUT2D eigenvalue weighted by atomic mass is 16.5. The lowest BCUT2D eigenvalue weighted by molar-refractivity contribution is 0.0702. The van der Waals surface area contributed by atoms with Gasteiger partial charge in [0.15, 0.2) is 11.4 Å². The minimum absolute atomic E-state index is 0.00323. The van der Waals surface area contributed by atoms with Gasteiger partial charge >= 0.3 is 0 Å². The molecule has 3 aromatic carbocycles. The normalized spacial score (nSPS) is 22.8. The van der Waals surface area contributed by atoms with Crippen molar-refractivity contribution in [2.24, 2.45) is 17.8 Å². The van der Waals surface area contributed by atoms with E-state index in [0.29, 0.717) is 53.0 Å². The predicted octanol–water partition coefficient (Wildman–Crippen LogP) is 9.79. The molecule has 6 fully saturated rings. The Morgan fingerprint density at radius 1 is 0.466 bits per heavy atom. The SMILES string of the molecule is CCOc1ccc(C)nc1C(=O)N1C2CCC1C(Cc1nc(C)cc(C)n1)C2.Cc1cc(C)nc(CC2CC3CCC2N3C(=O)c2ccccc2-n2nccn2)n1.O=C(c1ccccc1-n1nccn1)N1C2CCC1C(Cc1cnc3ccccc3n1)C2. The minimum Gasteiger partial charge on any atom is -0.491 e. The molecular weight excluding hydrogens is 1100 g/mol. The quantitative estimate of drug-likeness (QED) is 0.105. The molecule has 20 heteroatoms. The van der Waals surface area contributed by atoms with Crippen LogP contribution in [-0.4, -0.2) is 140 Å². The Bertz CT molecular complexity index is 3970. The lowest BCUT2D eigenvalue weighted by Gasteiger charge is -2.25. The molecule has 6 aromatic heterocycles. The number of rotatable bonds is 13. The third-order valence-corrected chi connectivity index (χ3v) is 18.7. The van der Waals surface area contributed by atoms with Crippen molar-refractivity contribution in [3.8, 4) is 17.1 Å². The van der Waals surface area contributed by atoms with Crippen LogP contribution < -0.4 is 4.74 Å². The van der Waals surface area contributed by atoms with Crippen molar-refractivity contribution in [1.29, 1.82) is 0 Å². The monoisotopic (exact) mass is 1180 g/mol. The number of carbonyl (C=O) groups is 3. The third-order valence-electron chi connectivity index (χ3n) is 18.7. The molecule has 9 atom stereocenters. The van der Waals surface area contributed by atoms with Crippen molar-refractivity contribution in [2.75, 3.05) is 6.61 Å². The van der Waals surface area contributed by atoms with Gasteiger partial charge in [-0.25, -0.2) is 29.9 Å². The maximum Gasteiger partial charge on any atom is 0.276 e. The summed E-state index contributed by atoms with van der Waals surface area (Å²) in [7, 11) is 0. The first kappa shape index (κ1) is 57.9. The summed E-state index contributed by atoms with van der Waals surface area (Å²) < 4.78 is 5.68. The highest BCUT2D eigenvalue weighted by molar-refractivity contribution is 5.99. The molecule has 0 spiro atoms. The van der Waals surface area contributed by atoms with E-state index in [-0.39, 0.29) is 47.9 Å². The number of carbonyl (C=O) groups excluding carboxylic acids is 3. The van der Waals surface area contributed by atoms with Gasteiger partial charge in [-0.1, -0.05) is 36.4 Å². The largest absolute Gasteiger partial charge is 0.491 e. The van der Waals surface area contributed by atoms with Gasteiger partial charge in [0.25, 0.3) is 17.7 Å². The summed E-state index contributed by atoms with van der Waals surface area (Å²) in [5, 5.41) is 16.9. The number of aryl methyl sites for hydroxylation is 5. The fourth-order valence-electron chi connectivity index (χ4n) is 15.3. The minimum atomic E-state index is 0.00323. The smallest absolute Gasteiger partial charge is 0.276 e. The van der Waals surface area contributed by atoms with Crippen LogP contribution in [0, 0.1) is 52.4 Å². The van der Waals surface area contributed by atoms with Gasteiger partial charge in [0.05, 0.1) is 70.6 Å². The van der Waals surface area contributed by atoms with Crippen molar-refractivity contribution < 1.29 is 19.1 Å². The number of fused-ring (bicyclic) bond motifs is 7. The molecule has 0 N–H and O–H groups in total. The van der Waals surface area contributed by atoms with Crippen molar-refractivity contribution in [1.82, 2.24) is 79.6 Å². The first-order valence-electron chi connectivity index (χ1n) is 31.2. The zero-order valence-corrected chi connectivity index (χ0v) is 50.8. The van der Waals surface area contributed by atoms with Crippen LogP contribution in [0.5, 0.6) is 5.75 Å². The Morgan fingerprint density at radius 2 is 0.898 bits per heavy atom. The number of benzene rings is 3. The van der Waals surface area contributed by atoms with E-state index in [2.05, 4.69) is 65.0 Å². The van der Waals surface area contributed by atoms with E-state index in [1.54, 1.807) is 24.8 Å². The molecule has 88 heavy (non-hydrogen) atoms. The number of ether oxygens (including phenoxy) is 1. The number of para-hydroxylation sites is 4. The van der Waals surface area contributed by atoms with Crippen LogP contribution in [0.1, 0.15) is 142 Å². The molecule has 3 amide bonds. The average Bonchev–Trinajstić information content (AvgIpc) is 2.80. The Hall–Kier alpha value is -9.20. The molecule has 15 rings (SSSR count). The number of aromatic nitrogens is 13. The lowest BCUT2D eigenvalue weighted by Crippen LogP contribution is -2.37. The highest BCUT2D eigenvalue weighted by Crippen LogP contribution is 2.47. The van der Waals surface area contributed by atoms with Crippen LogP contribution in [0.3, 0.4) is 0 Å². The Labute approximate surface area is 512 Å². The maximum absolute atomic E-state index is 13.6. The van der Waals surface area contributed by atoms with Gasteiger partial charge in [0.2, 0.25) is 0 Å². The topological polar surface area (TPSA) is 222 Å². The molecule has 6 saturated heterocycles. The van der Waals surface area contributed by atoms with E-state index >= 15 is 0 Å². The number of amides is 3. The van der Waals surface area contributed by atoms with Crippen LogP contribution in [0.15, 0.2) is 128 Å². The van der Waals surface area contributed by atoms with Crippen LogP contribution >= 0.6 is 0 Å². The summed E-state index contributed by atoms with van der Waals surface area (Å²) in [6, 6.07) is 32.5. The Kier molecular flexibility index (Phi) is 16.4. The molecule has 0 radical (unpaired) electrons. The summed E-state index contributed by atoms with van der Waals surface area (Å²) in [5.41, 5.74) is 10.9. The molecule has 9 aromatic rings. The molecule has 20 nitrogen and oxygen atoms in total. The van der Waals surface area contributed by atoms with Crippen molar-refractivity contribution >= 4 is 28.8 Å². The Balaban J connectivity index is 0.000000122. The van der Waals surface area contributed by atoms with Gasteiger partial charge in [-0.3, -0.25) is 19.4 Å². The molecular formula is C68H74N16O4. The number of pyridine rings is 1. The first-order chi connectivity index (χ1) is 42.8. The number of hydrogen-bond acceptors (Lipinski definition) is 15. The Morgan fingerprint density at radius 3 is 1.38 bits per heavy atom. The van der Waals surface area contributed by atoms with Crippen LogP contribution in [0.4, 0.5) is 0 Å². The second-order valence-electron chi connectivity index (χ2n) is 24.5. The summed E-state index contributed by atoms with van der Waals surface area (Å²) in [5.74, 6) is 3.76. The fraction of sp³-hybridized carbons (Fsp3) is 0.412. The standard InChI is InChI=1S/C24H22N6O.C22H24N6O.C22H28N4O2/c31-24(19-5-1-4-8-23(19)30-26-11-12-27-30)29-18-9-10-22(29)16(14-18)13-17-15-25-20-6-2-3-7-21(20)28-17;1-14-11-15(2)26-21(25-14)13-16-12-17-7-8-19(16)27(17)22(29)18-5-3-4-6-20(18)28-23-9-10-24-28;1-5-28-19-9-6-13(2)25-21(19)22(27)26-17-7-8-18(26)16(11-17)12-20-23-14(3)10-15(4)24-20/h1-8,11-12,15-16,18,22H,9-10,13-14H2;3-6,9-11,16-17,19H,7-8,12-13H2,1-2H3;6,9-10,16-18H,5,7-8,11-12H2,1-4H3. The zero-order valence-electron chi connectivity index (χ0n) is 50.8. The summed E-state index contributed by atoms with van der Waals surface area (Å²) >= 11 is 0. The van der Waals surface area contributed by atoms with Crippen LogP contribution in [-0.2, 0) is 19.3 Å². The van der Waals surface area contributed by atoms with Crippen molar-refractivity contribution in [2.45, 2.75) is 155 Å². The molecule has 12 heterocycles. The molecule has 6 aliphatic heterocycles. The highest BCUT2D eigenvalue weighted by Gasteiger charge is 2.52. The van der Waals surface area contributed by atoms with Crippen molar-refractivity contribution in [3.63, 3.8) is 0 Å². The third kappa shape index (κ3) is 11.7. The molecule has 9 unspecified atom stereocenters. The van der Waals surface area contributed by atoms with Crippen molar-refractivity contribution in [3.05, 3.63) is 191 Å². The van der Waals surface area contributed by atoms with E-state index in [1.165, 1.54) is 9.59 Å². The fourth-order valence-corrected chi connectivity index (χ4v) is 15.3. The van der Waals surface area contributed by atoms with Gasteiger partial charge < -0.3 is 19.4 Å². The molecule has 0 aliphatic carbocycles. The lowest BCUT2D eigenvalue weighted by atomic mass is 9.86. The van der Waals surface area contributed by atoms with E-state index in [4.69, 9.17) is 9.72 Å². The predicted molar refractivity (Wildman–Crippen MR) is 330 cm³/mol. The summed E-state index contributed by atoms with van der Waals surface area (Å²) in [6.45, 7) is 12.4. The first-order valence-corrected chi connectivity index (χ1v) is 31.2. The van der Waals surface area contributed by atoms with E-state index in [0.717, 1.165) is 145 Å². The zero-order chi connectivity index (χ0) is 60.6. The van der Waals surface area contributed by atoms with E-state index < -0.39 is 0 Å². The van der Waals surface area contributed by atoms with Crippen LogP contribution in [0.2, 0.25) is 0 Å². The van der Waals surface area contributed by atoms with Crippen LogP contribution in [0.25, 0.3) is 22.4 Å². The molecule has 6 aliphatic rings. The van der Waals surface area contributed by atoms with E-state index in [1.807, 2.05) is 145 Å².